The first-order valence-electron chi connectivity index (χ1n) is 17.3. The molecule has 3 heterocycles. The SMILES string of the molecule is c1cc(-c2cccc(-c3ccc4sc5ccc(-n6c7ccccc7c7ccccc76)cc5c4c3)c2)cc(-c2ccc3oc4ccccc4c3c2)c1. The molecule has 0 N–H and O–H groups in total. The Kier molecular flexibility index (Phi) is 6.16. The van der Waals surface area contributed by atoms with Gasteiger partial charge in [0.25, 0.3) is 0 Å². The molecular weight excluding hydrogens is 639 g/mol. The van der Waals surface area contributed by atoms with E-state index in [1.54, 1.807) is 0 Å². The third-order valence-electron chi connectivity index (χ3n) is 10.4. The van der Waals surface area contributed by atoms with Gasteiger partial charge in [0.05, 0.1) is 11.0 Å². The van der Waals surface area contributed by atoms with Gasteiger partial charge in [-0.15, -0.1) is 11.3 Å². The van der Waals surface area contributed by atoms with Crippen molar-refractivity contribution in [3.05, 3.63) is 176 Å². The minimum Gasteiger partial charge on any atom is -0.456 e. The van der Waals surface area contributed by atoms with Crippen molar-refractivity contribution < 1.29 is 4.42 Å². The monoisotopic (exact) mass is 667 g/mol. The van der Waals surface area contributed by atoms with E-state index in [9.17, 15) is 0 Å². The van der Waals surface area contributed by atoms with E-state index in [-0.39, 0.29) is 0 Å². The molecule has 0 unspecified atom stereocenters. The lowest BCUT2D eigenvalue weighted by atomic mass is 9.95. The number of benzene rings is 8. The predicted molar refractivity (Wildman–Crippen MR) is 217 cm³/mol. The first kappa shape index (κ1) is 28.4. The molecule has 2 nitrogen and oxygen atoms in total. The number of hydrogen-bond donors (Lipinski definition) is 0. The summed E-state index contributed by atoms with van der Waals surface area (Å²) >= 11 is 1.86. The molecule has 0 saturated carbocycles. The van der Waals surface area contributed by atoms with E-state index in [1.165, 1.54) is 81.0 Å². The Morgan fingerprint density at radius 1 is 0.333 bits per heavy atom. The molecular formula is C48H29NOS. The molecule has 238 valence electrons. The number of nitrogens with zero attached hydrogens (tertiary/aromatic N) is 1. The van der Waals surface area contributed by atoms with Crippen molar-refractivity contribution in [1.82, 2.24) is 4.57 Å². The topological polar surface area (TPSA) is 18.1 Å². The molecule has 51 heavy (non-hydrogen) atoms. The van der Waals surface area contributed by atoms with Crippen LogP contribution in [0.4, 0.5) is 0 Å². The first-order valence-corrected chi connectivity index (χ1v) is 18.1. The summed E-state index contributed by atoms with van der Waals surface area (Å²) in [4.78, 5) is 0. The average Bonchev–Trinajstić information content (AvgIpc) is 3.86. The van der Waals surface area contributed by atoms with Crippen LogP contribution >= 0.6 is 11.3 Å². The Bertz CT molecular complexity index is 3100. The van der Waals surface area contributed by atoms with Crippen LogP contribution in [0.15, 0.2) is 180 Å². The Morgan fingerprint density at radius 3 is 1.49 bits per heavy atom. The molecule has 0 aliphatic heterocycles. The number of aromatic nitrogens is 1. The lowest BCUT2D eigenvalue weighted by Gasteiger charge is -2.10. The molecule has 0 aliphatic carbocycles. The Morgan fingerprint density at radius 2 is 0.824 bits per heavy atom. The van der Waals surface area contributed by atoms with Gasteiger partial charge in [0.2, 0.25) is 0 Å². The highest BCUT2D eigenvalue weighted by Crippen LogP contribution is 2.40. The van der Waals surface area contributed by atoms with Crippen LogP contribution in [0, 0.1) is 0 Å². The summed E-state index contributed by atoms with van der Waals surface area (Å²) in [5.74, 6) is 0. The van der Waals surface area contributed by atoms with E-state index >= 15 is 0 Å². The summed E-state index contributed by atoms with van der Waals surface area (Å²) in [5.41, 5.74) is 12.7. The second kappa shape index (κ2) is 11.0. The zero-order valence-corrected chi connectivity index (χ0v) is 28.3. The van der Waals surface area contributed by atoms with Crippen molar-refractivity contribution in [3.63, 3.8) is 0 Å². The fourth-order valence-corrected chi connectivity index (χ4v) is 9.01. The number of thiophene rings is 1. The van der Waals surface area contributed by atoms with Gasteiger partial charge in [-0.3, -0.25) is 0 Å². The van der Waals surface area contributed by atoms with Crippen LogP contribution in [0.2, 0.25) is 0 Å². The van der Waals surface area contributed by atoms with Gasteiger partial charge >= 0.3 is 0 Å². The summed E-state index contributed by atoms with van der Waals surface area (Å²) in [6.07, 6.45) is 0. The number of para-hydroxylation sites is 3. The van der Waals surface area contributed by atoms with Crippen LogP contribution in [0.25, 0.3) is 103 Å². The molecule has 0 amide bonds. The van der Waals surface area contributed by atoms with Crippen molar-refractivity contribution in [2.75, 3.05) is 0 Å². The van der Waals surface area contributed by atoms with E-state index in [0.29, 0.717) is 0 Å². The largest absolute Gasteiger partial charge is 0.456 e. The number of fused-ring (bicyclic) bond motifs is 9. The minimum absolute atomic E-state index is 0.919. The maximum Gasteiger partial charge on any atom is 0.135 e. The van der Waals surface area contributed by atoms with Gasteiger partial charge in [-0.1, -0.05) is 103 Å². The van der Waals surface area contributed by atoms with Crippen LogP contribution in [0.1, 0.15) is 0 Å². The fraction of sp³-hybridized carbons (Fsp3) is 0. The van der Waals surface area contributed by atoms with Crippen LogP contribution in [-0.4, -0.2) is 4.57 Å². The smallest absolute Gasteiger partial charge is 0.135 e. The van der Waals surface area contributed by atoms with E-state index in [1.807, 2.05) is 23.5 Å². The third-order valence-corrected chi connectivity index (χ3v) is 11.5. The van der Waals surface area contributed by atoms with Gasteiger partial charge in [-0.2, -0.15) is 0 Å². The number of hydrogen-bond acceptors (Lipinski definition) is 2. The maximum atomic E-state index is 6.09. The average molecular weight is 668 g/mol. The summed E-state index contributed by atoms with van der Waals surface area (Å²) in [6, 6.07) is 63.9. The standard InChI is InChI=1S/C48H29NOS/c1-4-16-43-37(13-1)38-14-2-5-17-44(38)49(43)36-21-24-48-42(29-36)41-28-35(20-23-47(41)51-48)33-12-8-10-31(26-33)30-9-7-11-32(25-30)34-19-22-46-40(27-34)39-15-3-6-18-45(39)50-46/h1-29H. The molecule has 3 aromatic heterocycles. The molecule has 3 heteroatoms. The molecule has 8 aromatic carbocycles. The third kappa shape index (κ3) is 4.49. The van der Waals surface area contributed by atoms with Gasteiger partial charge in [-0.25, -0.2) is 0 Å². The molecule has 0 spiro atoms. The van der Waals surface area contributed by atoms with Crippen molar-refractivity contribution in [2.45, 2.75) is 0 Å². The first-order chi connectivity index (χ1) is 25.2. The second-order valence-corrected chi connectivity index (χ2v) is 14.4. The van der Waals surface area contributed by atoms with E-state index < -0.39 is 0 Å². The number of furan rings is 1. The zero-order valence-electron chi connectivity index (χ0n) is 27.5. The summed E-state index contributed by atoms with van der Waals surface area (Å²) in [5, 5.41) is 7.45. The van der Waals surface area contributed by atoms with Crippen LogP contribution < -0.4 is 0 Å². The van der Waals surface area contributed by atoms with Crippen molar-refractivity contribution >= 4 is 75.3 Å². The molecule has 11 rings (SSSR count). The van der Waals surface area contributed by atoms with E-state index in [0.717, 1.165) is 21.9 Å². The fourth-order valence-electron chi connectivity index (χ4n) is 7.95. The predicted octanol–water partition coefficient (Wildman–Crippen LogP) is 14.1. The van der Waals surface area contributed by atoms with Gasteiger partial charge in [0.15, 0.2) is 0 Å². The number of rotatable bonds is 4. The highest BCUT2D eigenvalue weighted by molar-refractivity contribution is 7.25. The molecule has 0 radical (unpaired) electrons. The Labute approximate surface area is 298 Å². The lowest BCUT2D eigenvalue weighted by Crippen LogP contribution is -1.93. The highest BCUT2D eigenvalue weighted by atomic mass is 32.1. The summed E-state index contributed by atoms with van der Waals surface area (Å²) in [6.45, 7) is 0. The molecule has 0 saturated heterocycles. The van der Waals surface area contributed by atoms with E-state index in [4.69, 9.17) is 4.42 Å². The lowest BCUT2D eigenvalue weighted by molar-refractivity contribution is 0.669. The highest BCUT2D eigenvalue weighted by Gasteiger charge is 2.15. The molecule has 0 bridgehead atoms. The summed E-state index contributed by atoms with van der Waals surface area (Å²) in [7, 11) is 0. The Hall–Kier alpha value is -6.42. The van der Waals surface area contributed by atoms with Crippen LogP contribution in [0.3, 0.4) is 0 Å². The molecule has 0 fully saturated rings. The minimum atomic E-state index is 0.919. The van der Waals surface area contributed by atoms with Gasteiger partial charge in [0, 0.05) is 47.4 Å². The Balaban J connectivity index is 0.989. The van der Waals surface area contributed by atoms with Gasteiger partial charge in [-0.05, 0) is 106 Å². The van der Waals surface area contributed by atoms with Crippen molar-refractivity contribution in [2.24, 2.45) is 0 Å². The summed E-state index contributed by atoms with van der Waals surface area (Å²) < 4.78 is 11.1. The molecule has 0 aliphatic rings. The van der Waals surface area contributed by atoms with Gasteiger partial charge in [0.1, 0.15) is 11.2 Å². The zero-order chi connectivity index (χ0) is 33.5. The van der Waals surface area contributed by atoms with Crippen LogP contribution in [-0.2, 0) is 0 Å². The van der Waals surface area contributed by atoms with E-state index in [2.05, 4.69) is 168 Å². The molecule has 11 aromatic rings. The quantitative estimate of drug-likeness (QED) is 0.183. The van der Waals surface area contributed by atoms with Crippen LogP contribution in [0.5, 0.6) is 0 Å². The normalized spacial score (nSPS) is 11.9. The van der Waals surface area contributed by atoms with Crippen molar-refractivity contribution in [1.29, 1.82) is 0 Å². The van der Waals surface area contributed by atoms with Crippen molar-refractivity contribution in [3.8, 4) is 39.1 Å². The molecule has 0 atom stereocenters. The van der Waals surface area contributed by atoms with Gasteiger partial charge < -0.3 is 8.98 Å². The second-order valence-electron chi connectivity index (χ2n) is 13.3. The maximum absolute atomic E-state index is 6.09.